The number of hydrogen-bond acceptors (Lipinski definition) is 7. The van der Waals surface area contributed by atoms with Crippen LogP contribution in [0.5, 0.6) is 0 Å². The molecule has 0 aromatic carbocycles. The Labute approximate surface area is 146 Å². The van der Waals surface area contributed by atoms with Crippen LogP contribution in [0.1, 0.15) is 39.5 Å². The maximum absolute atomic E-state index is 12.1. The summed E-state index contributed by atoms with van der Waals surface area (Å²) in [6.45, 7) is 6.05. The Hall–Kier alpha value is -1.89. The van der Waals surface area contributed by atoms with Crippen molar-refractivity contribution in [1.29, 1.82) is 0 Å². The normalized spacial score (nSPS) is 34.0. The van der Waals surface area contributed by atoms with E-state index in [0.29, 0.717) is 5.92 Å². The Bertz CT molecular complexity index is 584. The van der Waals surface area contributed by atoms with Gasteiger partial charge in [-0.25, -0.2) is 9.59 Å². The lowest BCUT2D eigenvalue weighted by Crippen LogP contribution is -2.46. The van der Waals surface area contributed by atoms with E-state index in [4.69, 9.17) is 18.9 Å². The summed E-state index contributed by atoms with van der Waals surface area (Å²) in [5, 5.41) is 0. The molecule has 0 amide bonds. The molecule has 0 radical (unpaired) electrons. The van der Waals surface area contributed by atoms with Crippen molar-refractivity contribution >= 4 is 17.9 Å². The molecule has 7 heteroatoms. The topological polar surface area (TPSA) is 88.1 Å². The van der Waals surface area contributed by atoms with Crippen molar-refractivity contribution < 1.29 is 33.3 Å². The molecule has 0 N–H and O–H groups in total. The lowest BCUT2D eigenvalue weighted by atomic mass is 9.67. The number of hydrogen-bond donors (Lipinski definition) is 0. The largest absolute Gasteiger partial charge is 0.459 e. The van der Waals surface area contributed by atoms with Crippen LogP contribution in [0, 0.1) is 17.8 Å². The van der Waals surface area contributed by atoms with Crippen molar-refractivity contribution in [2.24, 2.45) is 17.8 Å². The van der Waals surface area contributed by atoms with Gasteiger partial charge >= 0.3 is 17.9 Å². The minimum absolute atomic E-state index is 0.0261. The fraction of sp³-hybridized carbons (Fsp3) is 0.722. The zero-order valence-corrected chi connectivity index (χ0v) is 14.6. The molecule has 7 nitrogen and oxygen atoms in total. The molecule has 6 unspecified atom stereocenters. The van der Waals surface area contributed by atoms with E-state index in [1.165, 1.54) is 6.92 Å². The zero-order valence-electron chi connectivity index (χ0n) is 14.6. The molecule has 2 saturated heterocycles. The van der Waals surface area contributed by atoms with Crippen LogP contribution in [0.25, 0.3) is 0 Å². The van der Waals surface area contributed by atoms with Crippen molar-refractivity contribution in [1.82, 2.24) is 0 Å². The van der Waals surface area contributed by atoms with Crippen LogP contribution in [0.15, 0.2) is 12.2 Å². The van der Waals surface area contributed by atoms with Crippen LogP contribution in [-0.4, -0.2) is 43.0 Å². The molecule has 4 rings (SSSR count). The molecule has 4 aliphatic rings. The van der Waals surface area contributed by atoms with Crippen LogP contribution < -0.4 is 0 Å². The number of esters is 3. The first-order valence-corrected chi connectivity index (χ1v) is 8.71. The first kappa shape index (κ1) is 17.9. The summed E-state index contributed by atoms with van der Waals surface area (Å²) in [4.78, 5) is 35.1. The highest BCUT2D eigenvalue weighted by molar-refractivity contribution is 5.88. The monoisotopic (exact) mass is 352 g/mol. The molecular weight excluding hydrogens is 328 g/mol. The summed E-state index contributed by atoms with van der Waals surface area (Å²) in [6, 6.07) is 0. The van der Waals surface area contributed by atoms with Gasteiger partial charge in [-0.05, 0) is 51.4 Å². The number of carbonyl (C=O) groups is 3. The third kappa shape index (κ3) is 4.03. The van der Waals surface area contributed by atoms with E-state index in [1.807, 2.05) is 0 Å². The van der Waals surface area contributed by atoms with Crippen LogP contribution in [0.4, 0.5) is 0 Å². The molecule has 0 aromatic heterocycles. The smallest absolute Gasteiger partial charge is 0.346 e. The molecule has 2 aliphatic heterocycles. The summed E-state index contributed by atoms with van der Waals surface area (Å²) in [7, 11) is 0. The molecule has 4 fully saturated rings. The zero-order chi connectivity index (χ0) is 18.1. The van der Waals surface area contributed by atoms with Crippen molar-refractivity contribution in [3.8, 4) is 0 Å². The SMILES string of the molecule is C=C(C)C(=O)OCC(=O)OC(C)OC1C2CC3CC(C2)C(=O)OC1C3. The number of fused-ring (bicyclic) bond motifs is 1. The summed E-state index contributed by atoms with van der Waals surface area (Å²) < 4.78 is 21.4. The lowest BCUT2D eigenvalue weighted by molar-refractivity contribution is -0.216. The fourth-order valence-corrected chi connectivity index (χ4v) is 4.18. The molecule has 0 spiro atoms. The van der Waals surface area contributed by atoms with Crippen LogP contribution in [0.2, 0.25) is 0 Å². The van der Waals surface area contributed by atoms with E-state index in [1.54, 1.807) is 6.92 Å². The van der Waals surface area contributed by atoms with Gasteiger partial charge in [0.05, 0.1) is 5.92 Å². The molecular formula is C18H24O7. The molecule has 6 atom stereocenters. The Morgan fingerprint density at radius 1 is 1.28 bits per heavy atom. The maximum Gasteiger partial charge on any atom is 0.346 e. The third-order valence-corrected chi connectivity index (χ3v) is 5.15. The van der Waals surface area contributed by atoms with E-state index < -0.39 is 24.8 Å². The van der Waals surface area contributed by atoms with E-state index >= 15 is 0 Å². The summed E-state index contributed by atoms with van der Waals surface area (Å²) >= 11 is 0. The molecule has 4 bridgehead atoms. The predicted octanol–water partition coefficient (Wildman–Crippen LogP) is 1.74. The van der Waals surface area contributed by atoms with Gasteiger partial charge in [-0.3, -0.25) is 4.79 Å². The highest BCUT2D eigenvalue weighted by atomic mass is 16.7. The van der Waals surface area contributed by atoms with E-state index in [2.05, 4.69) is 6.58 Å². The molecule has 2 saturated carbocycles. The number of ether oxygens (including phenoxy) is 4. The van der Waals surface area contributed by atoms with E-state index in [-0.39, 0.29) is 35.6 Å². The van der Waals surface area contributed by atoms with Gasteiger partial charge < -0.3 is 18.9 Å². The van der Waals surface area contributed by atoms with Gasteiger partial charge in [0.2, 0.25) is 6.29 Å². The third-order valence-electron chi connectivity index (χ3n) is 5.15. The Morgan fingerprint density at radius 2 is 2.04 bits per heavy atom. The quantitative estimate of drug-likeness (QED) is 0.311. The molecule has 0 aromatic rings. The first-order valence-electron chi connectivity index (χ1n) is 8.71. The average Bonchev–Trinajstić information content (AvgIpc) is 2.70. The summed E-state index contributed by atoms with van der Waals surface area (Å²) in [5.41, 5.74) is 0.212. The second-order valence-electron chi connectivity index (χ2n) is 7.26. The summed E-state index contributed by atoms with van der Waals surface area (Å²) in [5.74, 6) is -0.729. The van der Waals surface area contributed by atoms with Gasteiger partial charge in [-0.1, -0.05) is 6.58 Å². The second kappa shape index (κ2) is 7.15. The van der Waals surface area contributed by atoms with Crippen molar-refractivity contribution in [3.05, 3.63) is 12.2 Å². The first-order chi connectivity index (χ1) is 11.8. The predicted molar refractivity (Wildman–Crippen MR) is 85.0 cm³/mol. The van der Waals surface area contributed by atoms with Crippen molar-refractivity contribution in [2.75, 3.05) is 6.61 Å². The Balaban J connectivity index is 1.52. The van der Waals surface area contributed by atoms with Gasteiger partial charge in [-0.2, -0.15) is 0 Å². The van der Waals surface area contributed by atoms with E-state index in [9.17, 15) is 14.4 Å². The number of rotatable bonds is 6. The van der Waals surface area contributed by atoms with Crippen LogP contribution >= 0.6 is 0 Å². The van der Waals surface area contributed by atoms with Crippen LogP contribution in [0.3, 0.4) is 0 Å². The van der Waals surface area contributed by atoms with Gasteiger partial charge in [0.25, 0.3) is 0 Å². The molecule has 2 aliphatic carbocycles. The van der Waals surface area contributed by atoms with Gasteiger partial charge in [0.1, 0.15) is 12.2 Å². The molecule has 2 heterocycles. The fourth-order valence-electron chi connectivity index (χ4n) is 4.18. The standard InChI is InChI=1S/C18H24O7/c1-9(2)17(20)22-8-15(19)23-10(3)24-16-12-4-11-5-13(7-12)18(21)25-14(16)6-11/h10-14,16H,1,4-8H2,2-3H3. The molecule has 138 valence electrons. The Morgan fingerprint density at radius 3 is 2.76 bits per heavy atom. The second-order valence-corrected chi connectivity index (χ2v) is 7.26. The lowest BCUT2D eigenvalue weighted by Gasteiger charge is -2.42. The van der Waals surface area contributed by atoms with Crippen molar-refractivity contribution in [3.63, 3.8) is 0 Å². The minimum Gasteiger partial charge on any atom is -0.459 e. The highest BCUT2D eigenvalue weighted by Crippen LogP contribution is 2.48. The number of carbonyl (C=O) groups excluding carboxylic acids is 3. The van der Waals surface area contributed by atoms with Gasteiger partial charge in [0, 0.05) is 5.57 Å². The van der Waals surface area contributed by atoms with Gasteiger partial charge in [0.15, 0.2) is 6.61 Å². The molecule has 25 heavy (non-hydrogen) atoms. The Kier molecular flexibility index (Phi) is 5.13. The minimum atomic E-state index is -0.808. The van der Waals surface area contributed by atoms with Crippen LogP contribution in [-0.2, 0) is 33.3 Å². The summed E-state index contributed by atoms with van der Waals surface area (Å²) in [6.07, 6.45) is 2.17. The average molecular weight is 352 g/mol. The maximum atomic E-state index is 12.1. The van der Waals surface area contributed by atoms with E-state index in [0.717, 1.165) is 25.7 Å². The highest BCUT2D eigenvalue weighted by Gasteiger charge is 2.51. The van der Waals surface area contributed by atoms with Crippen molar-refractivity contribution in [2.45, 2.75) is 58.0 Å². The van der Waals surface area contributed by atoms with Gasteiger partial charge in [-0.15, -0.1) is 0 Å².